The van der Waals surface area contributed by atoms with Gasteiger partial charge in [-0.15, -0.1) is 0 Å². The molecular weight excluding hydrogens is 303 g/mol. The van der Waals surface area contributed by atoms with E-state index in [1.807, 2.05) is 32.9 Å². The van der Waals surface area contributed by atoms with E-state index in [9.17, 15) is 13.2 Å². The first kappa shape index (κ1) is 18.1. The number of benzene rings is 1. The van der Waals surface area contributed by atoms with Gasteiger partial charge in [-0.1, -0.05) is 25.4 Å². The number of rotatable bonds is 6. The quantitative estimate of drug-likeness (QED) is 0.820. The van der Waals surface area contributed by atoms with E-state index in [-0.39, 0.29) is 18.6 Å². The van der Waals surface area contributed by atoms with Gasteiger partial charge in [-0.2, -0.15) is 13.2 Å². The lowest BCUT2D eigenvalue weighted by Crippen LogP contribution is -2.35. The SMILES string of the molecule is Cc1cc(Cl)c(C(C)C)cc1OC(C)CNCC(F)(F)F. The van der Waals surface area contributed by atoms with Crippen molar-refractivity contribution in [3.8, 4) is 5.75 Å². The molecule has 0 aromatic heterocycles. The Kier molecular flexibility index (Phi) is 6.35. The van der Waals surface area contributed by atoms with Crippen molar-refractivity contribution in [2.24, 2.45) is 0 Å². The second kappa shape index (κ2) is 7.36. The van der Waals surface area contributed by atoms with Crippen LogP contribution in [0.3, 0.4) is 0 Å². The highest BCUT2D eigenvalue weighted by Crippen LogP contribution is 2.31. The van der Waals surface area contributed by atoms with Crippen molar-refractivity contribution in [3.05, 3.63) is 28.3 Å². The van der Waals surface area contributed by atoms with Gasteiger partial charge in [-0.3, -0.25) is 0 Å². The molecule has 21 heavy (non-hydrogen) atoms. The van der Waals surface area contributed by atoms with Gasteiger partial charge >= 0.3 is 6.18 Å². The third kappa shape index (κ3) is 6.14. The fraction of sp³-hybridized carbons (Fsp3) is 0.600. The molecule has 1 aromatic rings. The Morgan fingerprint density at radius 2 is 1.86 bits per heavy atom. The van der Waals surface area contributed by atoms with Gasteiger partial charge in [0.05, 0.1) is 6.54 Å². The minimum Gasteiger partial charge on any atom is -0.489 e. The molecule has 0 fully saturated rings. The van der Waals surface area contributed by atoms with E-state index in [0.29, 0.717) is 10.8 Å². The lowest BCUT2D eigenvalue weighted by Gasteiger charge is -2.19. The monoisotopic (exact) mass is 323 g/mol. The predicted molar refractivity (Wildman–Crippen MR) is 79.3 cm³/mol. The Hall–Kier alpha value is -0.940. The summed E-state index contributed by atoms with van der Waals surface area (Å²) >= 11 is 6.17. The molecule has 0 amide bonds. The van der Waals surface area contributed by atoms with Crippen LogP contribution in [0.5, 0.6) is 5.75 Å². The van der Waals surface area contributed by atoms with Gasteiger partial charge in [-0.05, 0) is 43.0 Å². The summed E-state index contributed by atoms with van der Waals surface area (Å²) in [5.74, 6) is 0.906. The molecule has 0 saturated carbocycles. The summed E-state index contributed by atoms with van der Waals surface area (Å²) in [5.41, 5.74) is 1.83. The first-order valence-electron chi connectivity index (χ1n) is 6.84. The molecule has 0 aliphatic carbocycles. The summed E-state index contributed by atoms with van der Waals surface area (Å²) in [5, 5.41) is 3.02. The standard InChI is InChI=1S/C15H21ClF3NO/c1-9(2)12-6-14(10(3)5-13(12)16)21-11(4)7-20-8-15(17,18)19/h5-6,9,11,20H,7-8H2,1-4H3. The molecule has 0 heterocycles. The number of alkyl halides is 3. The number of nitrogens with one attached hydrogen (secondary N) is 1. The Morgan fingerprint density at radius 1 is 1.24 bits per heavy atom. The van der Waals surface area contributed by atoms with E-state index in [4.69, 9.17) is 16.3 Å². The second-order valence-electron chi connectivity index (χ2n) is 5.47. The minimum absolute atomic E-state index is 0.124. The minimum atomic E-state index is -4.21. The number of halogens is 4. The molecule has 1 atom stereocenters. The van der Waals surface area contributed by atoms with Gasteiger partial charge in [0, 0.05) is 11.6 Å². The van der Waals surface area contributed by atoms with E-state index in [0.717, 1.165) is 11.1 Å². The fourth-order valence-corrected chi connectivity index (χ4v) is 2.35. The molecule has 120 valence electrons. The van der Waals surface area contributed by atoms with Gasteiger partial charge in [0.1, 0.15) is 11.9 Å². The highest BCUT2D eigenvalue weighted by molar-refractivity contribution is 6.31. The smallest absolute Gasteiger partial charge is 0.401 e. The molecule has 6 heteroatoms. The molecule has 0 spiro atoms. The fourth-order valence-electron chi connectivity index (χ4n) is 1.91. The van der Waals surface area contributed by atoms with Crippen LogP contribution in [0.1, 0.15) is 37.8 Å². The van der Waals surface area contributed by atoms with E-state index in [1.54, 1.807) is 6.92 Å². The van der Waals surface area contributed by atoms with Crippen LogP contribution < -0.4 is 10.1 Å². The highest BCUT2D eigenvalue weighted by atomic mass is 35.5. The highest BCUT2D eigenvalue weighted by Gasteiger charge is 2.26. The predicted octanol–water partition coefficient (Wildman–Crippen LogP) is 4.69. The lowest BCUT2D eigenvalue weighted by molar-refractivity contribution is -0.125. The lowest BCUT2D eigenvalue weighted by atomic mass is 10.0. The number of hydrogen-bond acceptors (Lipinski definition) is 2. The van der Waals surface area contributed by atoms with Crippen LogP contribution in [-0.2, 0) is 0 Å². The molecule has 0 saturated heterocycles. The average molecular weight is 324 g/mol. The Morgan fingerprint density at radius 3 is 2.38 bits per heavy atom. The molecule has 1 aromatic carbocycles. The summed E-state index contributed by atoms with van der Waals surface area (Å²) in [4.78, 5) is 0. The Bertz CT molecular complexity index is 475. The van der Waals surface area contributed by atoms with Gasteiger partial charge < -0.3 is 10.1 Å². The van der Waals surface area contributed by atoms with Crippen molar-refractivity contribution in [2.75, 3.05) is 13.1 Å². The summed E-state index contributed by atoms with van der Waals surface area (Å²) in [6.45, 7) is 6.74. The summed E-state index contributed by atoms with van der Waals surface area (Å²) in [6, 6.07) is 3.69. The topological polar surface area (TPSA) is 21.3 Å². The van der Waals surface area contributed by atoms with Crippen molar-refractivity contribution in [3.63, 3.8) is 0 Å². The number of hydrogen-bond donors (Lipinski definition) is 1. The Balaban J connectivity index is 2.67. The molecule has 0 aliphatic heterocycles. The van der Waals surface area contributed by atoms with Crippen molar-refractivity contribution in [1.29, 1.82) is 0 Å². The first-order chi connectivity index (χ1) is 9.60. The van der Waals surface area contributed by atoms with Crippen LogP contribution in [0, 0.1) is 6.92 Å². The van der Waals surface area contributed by atoms with Gasteiger partial charge in [0.25, 0.3) is 0 Å². The molecule has 0 aliphatic rings. The third-order valence-corrected chi connectivity index (χ3v) is 3.33. The third-order valence-electron chi connectivity index (χ3n) is 3.00. The van der Waals surface area contributed by atoms with Crippen LogP contribution in [0.25, 0.3) is 0 Å². The van der Waals surface area contributed by atoms with Gasteiger partial charge in [0.15, 0.2) is 0 Å². The normalized spacial score (nSPS) is 13.6. The second-order valence-corrected chi connectivity index (χ2v) is 5.88. The van der Waals surface area contributed by atoms with E-state index >= 15 is 0 Å². The van der Waals surface area contributed by atoms with Crippen LogP contribution >= 0.6 is 11.6 Å². The molecular formula is C15H21ClF3NO. The average Bonchev–Trinajstić information content (AvgIpc) is 2.30. The Labute approximate surface area is 128 Å². The van der Waals surface area contributed by atoms with Gasteiger partial charge in [0.2, 0.25) is 0 Å². The number of aryl methyl sites for hydroxylation is 1. The maximum absolute atomic E-state index is 12.1. The maximum atomic E-state index is 12.1. The van der Waals surface area contributed by atoms with E-state index in [1.165, 1.54) is 0 Å². The van der Waals surface area contributed by atoms with E-state index < -0.39 is 12.7 Å². The molecule has 1 unspecified atom stereocenters. The first-order valence-corrected chi connectivity index (χ1v) is 7.22. The summed E-state index contributed by atoms with van der Waals surface area (Å²) < 4.78 is 41.9. The van der Waals surface area contributed by atoms with Crippen molar-refractivity contribution in [2.45, 2.75) is 45.9 Å². The van der Waals surface area contributed by atoms with Crippen LogP contribution in [0.4, 0.5) is 13.2 Å². The van der Waals surface area contributed by atoms with Crippen molar-refractivity contribution >= 4 is 11.6 Å². The van der Waals surface area contributed by atoms with Crippen molar-refractivity contribution < 1.29 is 17.9 Å². The molecule has 0 bridgehead atoms. The molecule has 2 nitrogen and oxygen atoms in total. The van der Waals surface area contributed by atoms with E-state index in [2.05, 4.69) is 5.32 Å². The van der Waals surface area contributed by atoms with Gasteiger partial charge in [-0.25, -0.2) is 0 Å². The summed E-state index contributed by atoms with van der Waals surface area (Å²) in [7, 11) is 0. The number of ether oxygens (including phenoxy) is 1. The zero-order valence-corrected chi connectivity index (χ0v) is 13.4. The van der Waals surface area contributed by atoms with Crippen molar-refractivity contribution in [1.82, 2.24) is 5.32 Å². The van der Waals surface area contributed by atoms with Crippen LogP contribution in [0.2, 0.25) is 5.02 Å². The maximum Gasteiger partial charge on any atom is 0.401 e. The largest absolute Gasteiger partial charge is 0.489 e. The van der Waals surface area contributed by atoms with Crippen LogP contribution in [-0.4, -0.2) is 25.4 Å². The molecule has 1 rings (SSSR count). The zero-order valence-electron chi connectivity index (χ0n) is 12.6. The summed E-state index contributed by atoms with van der Waals surface area (Å²) in [6.07, 6.45) is -4.58. The van der Waals surface area contributed by atoms with Crippen LogP contribution in [0.15, 0.2) is 12.1 Å². The molecule has 1 N–H and O–H groups in total. The molecule has 0 radical (unpaired) electrons. The zero-order chi connectivity index (χ0) is 16.2.